The van der Waals surface area contributed by atoms with Crippen LogP contribution in [0.2, 0.25) is 0 Å². The summed E-state index contributed by atoms with van der Waals surface area (Å²) in [6.07, 6.45) is 0. The van der Waals surface area contributed by atoms with Crippen LogP contribution >= 0.6 is 22.6 Å². The monoisotopic (exact) mass is 525 g/mol. The SMILES string of the molecule is CCN(CC)c1ccc(-n2nc3cc(C)c(NC(=O)c4cccc(I)c4)cc3n2)cc1. The lowest BCUT2D eigenvalue weighted by Gasteiger charge is -2.20. The first-order valence-corrected chi connectivity index (χ1v) is 11.4. The number of anilines is 2. The largest absolute Gasteiger partial charge is 0.372 e. The van der Waals surface area contributed by atoms with Gasteiger partial charge in [0.05, 0.1) is 5.69 Å². The second-order valence-corrected chi connectivity index (χ2v) is 8.54. The van der Waals surface area contributed by atoms with Crippen LogP contribution in [-0.2, 0) is 0 Å². The number of carbonyl (C=O) groups is 1. The summed E-state index contributed by atoms with van der Waals surface area (Å²) in [5.41, 5.74) is 5.91. The Bertz CT molecular complexity index is 1230. The molecule has 0 aliphatic heterocycles. The van der Waals surface area contributed by atoms with Crippen molar-refractivity contribution in [2.45, 2.75) is 20.8 Å². The number of benzene rings is 3. The van der Waals surface area contributed by atoms with E-state index in [0.29, 0.717) is 5.56 Å². The van der Waals surface area contributed by atoms with Gasteiger partial charge in [0.2, 0.25) is 0 Å². The third-order valence-corrected chi connectivity index (χ3v) is 5.94. The molecule has 3 aromatic carbocycles. The third kappa shape index (κ3) is 4.56. The van der Waals surface area contributed by atoms with Crippen molar-refractivity contribution >= 4 is 50.9 Å². The summed E-state index contributed by atoms with van der Waals surface area (Å²) in [6.45, 7) is 8.19. The van der Waals surface area contributed by atoms with Gasteiger partial charge in [-0.05, 0) is 104 Å². The fourth-order valence-corrected chi connectivity index (χ4v) is 4.07. The molecule has 6 nitrogen and oxygen atoms in total. The number of fused-ring (bicyclic) bond motifs is 1. The van der Waals surface area contributed by atoms with E-state index in [2.05, 4.69) is 69.0 Å². The second kappa shape index (κ2) is 9.05. The Kier molecular flexibility index (Phi) is 6.22. The maximum absolute atomic E-state index is 12.7. The van der Waals surface area contributed by atoms with Gasteiger partial charge in [-0.1, -0.05) is 6.07 Å². The van der Waals surface area contributed by atoms with Crippen molar-refractivity contribution in [2.75, 3.05) is 23.3 Å². The summed E-state index contributed by atoms with van der Waals surface area (Å²) in [5.74, 6) is -0.139. The normalized spacial score (nSPS) is 11.0. The van der Waals surface area contributed by atoms with Gasteiger partial charge >= 0.3 is 0 Å². The van der Waals surface area contributed by atoms with E-state index in [1.54, 1.807) is 4.80 Å². The lowest BCUT2D eigenvalue weighted by molar-refractivity contribution is 0.102. The fraction of sp³-hybridized carbons (Fsp3) is 0.208. The number of nitrogens with zero attached hydrogens (tertiary/aromatic N) is 4. The Morgan fingerprint density at radius 2 is 1.68 bits per heavy atom. The van der Waals surface area contributed by atoms with Gasteiger partial charge in [-0.3, -0.25) is 4.79 Å². The molecule has 1 aromatic heterocycles. The quantitative estimate of drug-likeness (QED) is 0.341. The highest BCUT2D eigenvalue weighted by Gasteiger charge is 2.12. The van der Waals surface area contributed by atoms with Crippen LogP contribution in [0.25, 0.3) is 16.7 Å². The van der Waals surface area contributed by atoms with Crippen molar-refractivity contribution in [3.8, 4) is 5.69 Å². The molecule has 1 heterocycles. The Hall–Kier alpha value is -2.94. The molecule has 31 heavy (non-hydrogen) atoms. The Morgan fingerprint density at radius 3 is 2.32 bits per heavy atom. The molecule has 0 bridgehead atoms. The van der Waals surface area contributed by atoms with Crippen LogP contribution in [0.3, 0.4) is 0 Å². The van der Waals surface area contributed by atoms with Gasteiger partial charge in [0.1, 0.15) is 11.0 Å². The lowest BCUT2D eigenvalue weighted by atomic mass is 10.1. The smallest absolute Gasteiger partial charge is 0.255 e. The minimum absolute atomic E-state index is 0.139. The van der Waals surface area contributed by atoms with Crippen molar-refractivity contribution < 1.29 is 4.79 Å². The van der Waals surface area contributed by atoms with Gasteiger partial charge in [0, 0.05) is 33.6 Å². The van der Waals surface area contributed by atoms with Crippen molar-refractivity contribution in [2.24, 2.45) is 0 Å². The summed E-state index contributed by atoms with van der Waals surface area (Å²) >= 11 is 2.20. The lowest BCUT2D eigenvalue weighted by Crippen LogP contribution is -2.21. The Labute approximate surface area is 195 Å². The van der Waals surface area contributed by atoms with Crippen LogP contribution in [0.15, 0.2) is 60.7 Å². The molecule has 0 saturated carbocycles. The van der Waals surface area contributed by atoms with Gasteiger partial charge in [0.25, 0.3) is 5.91 Å². The maximum atomic E-state index is 12.7. The molecular formula is C24H24IN5O. The first-order valence-electron chi connectivity index (χ1n) is 10.3. The van der Waals surface area contributed by atoms with Crippen LogP contribution in [0.5, 0.6) is 0 Å². The fourth-order valence-electron chi connectivity index (χ4n) is 3.53. The molecule has 4 rings (SSSR count). The number of aryl methyl sites for hydroxylation is 1. The molecule has 158 valence electrons. The van der Waals surface area contributed by atoms with Gasteiger partial charge in [-0.2, -0.15) is 4.80 Å². The molecular weight excluding hydrogens is 501 g/mol. The summed E-state index contributed by atoms with van der Waals surface area (Å²) in [7, 11) is 0. The summed E-state index contributed by atoms with van der Waals surface area (Å²) in [5, 5.41) is 12.3. The van der Waals surface area contributed by atoms with Crippen molar-refractivity contribution in [3.05, 3.63) is 75.4 Å². The minimum atomic E-state index is -0.139. The molecule has 0 unspecified atom stereocenters. The number of amides is 1. The Balaban J connectivity index is 1.61. The van der Waals surface area contributed by atoms with Crippen LogP contribution in [0.1, 0.15) is 29.8 Å². The molecule has 1 amide bonds. The molecule has 7 heteroatoms. The average molecular weight is 525 g/mol. The number of hydrogen-bond acceptors (Lipinski definition) is 4. The number of aromatic nitrogens is 3. The highest BCUT2D eigenvalue weighted by Crippen LogP contribution is 2.24. The minimum Gasteiger partial charge on any atom is -0.372 e. The molecule has 0 aliphatic carbocycles. The first-order chi connectivity index (χ1) is 15.0. The predicted molar refractivity (Wildman–Crippen MR) is 134 cm³/mol. The number of nitrogens with one attached hydrogen (secondary N) is 1. The highest BCUT2D eigenvalue weighted by molar-refractivity contribution is 14.1. The van der Waals surface area contributed by atoms with Crippen LogP contribution < -0.4 is 10.2 Å². The molecule has 0 radical (unpaired) electrons. The van der Waals surface area contributed by atoms with E-state index in [9.17, 15) is 4.79 Å². The van der Waals surface area contributed by atoms with E-state index < -0.39 is 0 Å². The summed E-state index contributed by atoms with van der Waals surface area (Å²) in [4.78, 5) is 16.6. The molecule has 0 saturated heterocycles. The van der Waals surface area contributed by atoms with Gasteiger partial charge < -0.3 is 10.2 Å². The number of halogens is 1. The van der Waals surface area contributed by atoms with Gasteiger partial charge in [-0.15, -0.1) is 10.2 Å². The number of carbonyl (C=O) groups excluding carboxylic acids is 1. The molecule has 1 N–H and O–H groups in total. The molecule has 0 aliphatic rings. The zero-order chi connectivity index (χ0) is 22.0. The zero-order valence-corrected chi connectivity index (χ0v) is 19.9. The number of hydrogen-bond donors (Lipinski definition) is 1. The standard InChI is InChI=1S/C24H24IN5O/c1-4-29(5-2)19-9-11-20(12-10-19)30-27-22-13-16(3)21(15-23(22)28-30)26-24(31)17-7-6-8-18(25)14-17/h6-15H,4-5H2,1-3H3,(H,26,31). The van der Waals surface area contributed by atoms with Crippen LogP contribution in [0.4, 0.5) is 11.4 Å². The molecule has 4 aromatic rings. The predicted octanol–water partition coefficient (Wildman–Crippen LogP) is 5.43. The number of rotatable bonds is 6. The second-order valence-electron chi connectivity index (χ2n) is 7.30. The van der Waals surface area contributed by atoms with E-state index >= 15 is 0 Å². The van der Waals surface area contributed by atoms with E-state index in [0.717, 1.165) is 44.6 Å². The third-order valence-electron chi connectivity index (χ3n) is 5.27. The van der Waals surface area contributed by atoms with Crippen LogP contribution in [-0.4, -0.2) is 34.0 Å². The van der Waals surface area contributed by atoms with E-state index in [1.807, 2.05) is 55.5 Å². The topological polar surface area (TPSA) is 63.1 Å². The summed E-state index contributed by atoms with van der Waals surface area (Å²) < 4.78 is 1.02. The van der Waals surface area contributed by atoms with Crippen molar-refractivity contribution in [1.82, 2.24) is 15.0 Å². The molecule has 0 atom stereocenters. The van der Waals surface area contributed by atoms with E-state index in [1.165, 1.54) is 5.69 Å². The van der Waals surface area contributed by atoms with Crippen molar-refractivity contribution in [3.63, 3.8) is 0 Å². The molecule has 0 spiro atoms. The van der Waals surface area contributed by atoms with E-state index in [-0.39, 0.29) is 5.91 Å². The zero-order valence-electron chi connectivity index (χ0n) is 17.8. The molecule has 0 fully saturated rings. The van der Waals surface area contributed by atoms with Crippen LogP contribution in [0, 0.1) is 10.5 Å². The first kappa shape index (κ1) is 21.3. The average Bonchev–Trinajstić information content (AvgIpc) is 3.18. The Morgan fingerprint density at radius 1 is 1.00 bits per heavy atom. The van der Waals surface area contributed by atoms with Gasteiger partial charge in [0.15, 0.2) is 0 Å². The van der Waals surface area contributed by atoms with Crippen molar-refractivity contribution in [1.29, 1.82) is 0 Å². The summed E-state index contributed by atoms with van der Waals surface area (Å²) in [6, 6.07) is 19.6. The van der Waals surface area contributed by atoms with E-state index in [4.69, 9.17) is 0 Å². The maximum Gasteiger partial charge on any atom is 0.255 e. The highest BCUT2D eigenvalue weighted by atomic mass is 127. The van der Waals surface area contributed by atoms with Gasteiger partial charge in [-0.25, -0.2) is 0 Å².